The molecule has 1 heterocycles. The molecule has 0 amide bonds. The molecule has 1 aromatic heterocycles. The number of aryl methyl sites for hydroxylation is 2. The lowest BCUT2D eigenvalue weighted by atomic mass is 9.99. The van der Waals surface area contributed by atoms with Crippen LogP contribution in [0.5, 0.6) is 0 Å². The van der Waals surface area contributed by atoms with Crippen molar-refractivity contribution in [3.05, 3.63) is 52.4 Å². The molecule has 1 aromatic carbocycles. The summed E-state index contributed by atoms with van der Waals surface area (Å²) in [5.41, 5.74) is 4.77. The van der Waals surface area contributed by atoms with E-state index in [0.717, 1.165) is 30.4 Å². The average Bonchev–Trinajstić information content (AvgIpc) is 2.96. The molecule has 6 heteroatoms. The minimum absolute atomic E-state index is 0. The van der Waals surface area contributed by atoms with E-state index in [0.29, 0.717) is 11.8 Å². The number of benzene rings is 1. The van der Waals surface area contributed by atoms with Gasteiger partial charge in [0, 0.05) is 25.1 Å². The molecular weight excluding hydrogens is 463 g/mol. The fourth-order valence-electron chi connectivity index (χ4n) is 3.44. The molecule has 0 aliphatic heterocycles. The van der Waals surface area contributed by atoms with E-state index in [4.69, 9.17) is 4.52 Å². The van der Waals surface area contributed by atoms with E-state index in [-0.39, 0.29) is 30.0 Å². The summed E-state index contributed by atoms with van der Waals surface area (Å²) in [6, 6.07) is 9.04. The first-order valence-corrected chi connectivity index (χ1v) is 9.80. The summed E-state index contributed by atoms with van der Waals surface area (Å²) >= 11 is 0. The number of halogens is 1. The van der Waals surface area contributed by atoms with Crippen LogP contribution in [0.25, 0.3) is 0 Å². The number of hydrogen-bond donors (Lipinski definition) is 2. The third-order valence-electron chi connectivity index (χ3n) is 4.86. The summed E-state index contributed by atoms with van der Waals surface area (Å²) in [6.07, 6.45) is 1.12. The third-order valence-corrected chi connectivity index (χ3v) is 4.86. The molecule has 0 saturated heterocycles. The maximum absolute atomic E-state index is 5.28. The van der Waals surface area contributed by atoms with E-state index in [1.165, 1.54) is 16.7 Å². The maximum atomic E-state index is 5.28. The molecule has 2 aromatic rings. The largest absolute Gasteiger partial charge is 0.361 e. The highest BCUT2D eigenvalue weighted by molar-refractivity contribution is 14.0. The standard InChI is InChI=1S/C22H34N4O.HI/c1-14(2)12-19-8-10-20(11-9-19)16(4)25-22(23-7)24-13-15(3)21-17(5)26-27-18(21)6;/h8-11,14-16H,12-13H2,1-7H3,(H2,23,24,25);1H. The van der Waals surface area contributed by atoms with E-state index in [1.54, 1.807) is 7.05 Å². The molecule has 5 nitrogen and oxygen atoms in total. The van der Waals surface area contributed by atoms with Crippen molar-refractivity contribution >= 4 is 29.9 Å². The third kappa shape index (κ3) is 6.79. The van der Waals surface area contributed by atoms with E-state index in [9.17, 15) is 0 Å². The molecule has 0 aliphatic rings. The molecule has 2 N–H and O–H groups in total. The Bertz CT molecular complexity index is 733. The number of hydrogen-bond acceptors (Lipinski definition) is 3. The monoisotopic (exact) mass is 498 g/mol. The Labute approximate surface area is 186 Å². The summed E-state index contributed by atoms with van der Waals surface area (Å²) in [6.45, 7) is 13.5. The molecule has 0 bridgehead atoms. The van der Waals surface area contributed by atoms with Crippen molar-refractivity contribution in [3.63, 3.8) is 0 Å². The number of rotatable bonds is 7. The summed E-state index contributed by atoms with van der Waals surface area (Å²) in [5.74, 6) is 2.65. The van der Waals surface area contributed by atoms with Gasteiger partial charge in [0.15, 0.2) is 5.96 Å². The zero-order valence-electron chi connectivity index (χ0n) is 18.2. The maximum Gasteiger partial charge on any atom is 0.191 e. The predicted octanol–water partition coefficient (Wildman–Crippen LogP) is 5.14. The predicted molar refractivity (Wildman–Crippen MR) is 128 cm³/mol. The molecular formula is C22H35IN4O. The van der Waals surface area contributed by atoms with Crippen molar-refractivity contribution in [2.24, 2.45) is 10.9 Å². The van der Waals surface area contributed by atoms with Crippen molar-refractivity contribution in [1.29, 1.82) is 0 Å². The summed E-state index contributed by atoms with van der Waals surface area (Å²) in [7, 11) is 1.80. The molecule has 2 rings (SSSR count). The SMILES string of the molecule is CN=C(NCC(C)c1c(C)noc1C)NC(C)c1ccc(CC(C)C)cc1.I. The van der Waals surface area contributed by atoms with Crippen LogP contribution < -0.4 is 10.6 Å². The highest BCUT2D eigenvalue weighted by atomic mass is 127. The van der Waals surface area contributed by atoms with Crippen LogP contribution in [0.1, 0.15) is 67.8 Å². The lowest BCUT2D eigenvalue weighted by Gasteiger charge is -2.20. The molecule has 28 heavy (non-hydrogen) atoms. The van der Waals surface area contributed by atoms with Gasteiger partial charge in [0.2, 0.25) is 0 Å². The second kappa shape index (κ2) is 11.4. The number of aliphatic imine (C=N–C) groups is 1. The van der Waals surface area contributed by atoms with E-state index >= 15 is 0 Å². The Morgan fingerprint density at radius 3 is 2.25 bits per heavy atom. The van der Waals surface area contributed by atoms with Gasteiger partial charge >= 0.3 is 0 Å². The lowest BCUT2D eigenvalue weighted by Crippen LogP contribution is -2.40. The second-order valence-electron chi connectivity index (χ2n) is 7.80. The van der Waals surface area contributed by atoms with Gasteiger partial charge in [0.05, 0.1) is 11.7 Å². The minimum Gasteiger partial charge on any atom is -0.361 e. The van der Waals surface area contributed by atoms with Gasteiger partial charge in [-0.2, -0.15) is 0 Å². The van der Waals surface area contributed by atoms with E-state index in [2.05, 4.69) is 72.7 Å². The normalized spacial score (nSPS) is 13.8. The Hall–Kier alpha value is -1.57. The molecule has 0 fully saturated rings. The summed E-state index contributed by atoms with van der Waals surface area (Å²) < 4.78 is 5.28. The smallest absolute Gasteiger partial charge is 0.191 e. The lowest BCUT2D eigenvalue weighted by molar-refractivity contribution is 0.391. The van der Waals surface area contributed by atoms with Gasteiger partial charge in [0.25, 0.3) is 0 Å². The number of nitrogens with zero attached hydrogens (tertiary/aromatic N) is 2. The molecule has 0 aliphatic carbocycles. The molecule has 2 unspecified atom stereocenters. The molecule has 0 saturated carbocycles. The second-order valence-corrected chi connectivity index (χ2v) is 7.80. The first kappa shape index (κ1) is 24.5. The highest BCUT2D eigenvalue weighted by Crippen LogP contribution is 2.22. The fourth-order valence-corrected chi connectivity index (χ4v) is 3.44. The number of guanidine groups is 1. The van der Waals surface area contributed by atoms with Gasteiger partial charge < -0.3 is 15.2 Å². The van der Waals surface area contributed by atoms with Crippen LogP contribution >= 0.6 is 24.0 Å². The number of aromatic nitrogens is 1. The van der Waals surface area contributed by atoms with E-state index < -0.39 is 0 Å². The summed E-state index contributed by atoms with van der Waals surface area (Å²) in [4.78, 5) is 4.36. The summed E-state index contributed by atoms with van der Waals surface area (Å²) in [5, 5.41) is 10.9. The highest BCUT2D eigenvalue weighted by Gasteiger charge is 2.17. The Balaban J connectivity index is 0.00000392. The van der Waals surface area contributed by atoms with Crippen LogP contribution in [0.15, 0.2) is 33.8 Å². The first-order valence-electron chi connectivity index (χ1n) is 9.80. The fraction of sp³-hybridized carbons (Fsp3) is 0.545. The van der Waals surface area contributed by atoms with Gasteiger partial charge in [-0.1, -0.05) is 50.2 Å². The van der Waals surface area contributed by atoms with Crippen molar-refractivity contribution < 1.29 is 4.52 Å². The van der Waals surface area contributed by atoms with Crippen molar-refractivity contribution in [1.82, 2.24) is 15.8 Å². The molecule has 0 spiro atoms. The van der Waals surface area contributed by atoms with Crippen molar-refractivity contribution in [2.45, 2.75) is 59.9 Å². The van der Waals surface area contributed by atoms with Gasteiger partial charge in [0.1, 0.15) is 5.76 Å². The average molecular weight is 498 g/mol. The van der Waals surface area contributed by atoms with Crippen molar-refractivity contribution in [2.75, 3.05) is 13.6 Å². The molecule has 0 radical (unpaired) electrons. The van der Waals surface area contributed by atoms with Crippen LogP contribution in [0.4, 0.5) is 0 Å². The van der Waals surface area contributed by atoms with Crippen LogP contribution in [0.3, 0.4) is 0 Å². The van der Waals surface area contributed by atoms with Gasteiger partial charge in [-0.25, -0.2) is 0 Å². The first-order chi connectivity index (χ1) is 12.8. The molecule has 156 valence electrons. The van der Waals surface area contributed by atoms with Crippen molar-refractivity contribution in [3.8, 4) is 0 Å². The van der Waals surface area contributed by atoms with Gasteiger partial charge in [-0.3, -0.25) is 4.99 Å². The zero-order valence-corrected chi connectivity index (χ0v) is 20.5. The van der Waals surface area contributed by atoms with Gasteiger partial charge in [-0.15, -0.1) is 24.0 Å². The van der Waals surface area contributed by atoms with Crippen LogP contribution in [0, 0.1) is 19.8 Å². The quantitative estimate of drug-likeness (QED) is 0.316. The van der Waals surface area contributed by atoms with Crippen LogP contribution in [0.2, 0.25) is 0 Å². The van der Waals surface area contributed by atoms with Gasteiger partial charge in [-0.05, 0) is 44.2 Å². The zero-order chi connectivity index (χ0) is 20.0. The molecule has 2 atom stereocenters. The van der Waals surface area contributed by atoms with E-state index in [1.807, 2.05) is 13.8 Å². The topological polar surface area (TPSA) is 62.5 Å². The Morgan fingerprint density at radius 2 is 1.75 bits per heavy atom. The van der Waals surface area contributed by atoms with Crippen LogP contribution in [-0.4, -0.2) is 24.7 Å². The number of nitrogens with one attached hydrogen (secondary N) is 2. The van der Waals surface area contributed by atoms with Crippen LogP contribution in [-0.2, 0) is 6.42 Å². The Kier molecular flexibility index (Phi) is 9.99. The Morgan fingerprint density at radius 1 is 1.11 bits per heavy atom. The minimum atomic E-state index is 0.